The molecule has 1 atom stereocenters. The van der Waals surface area contributed by atoms with Crippen LogP contribution in [-0.2, 0) is 0 Å². The molecule has 0 saturated heterocycles. The Hall–Kier alpha value is 0.310. The first kappa shape index (κ1) is 6.31. The average Bonchev–Trinajstić information content (AvgIpc) is 1.36. The molecule has 0 aromatic carbocycles. The van der Waals surface area contributed by atoms with Crippen LogP contribution in [0.4, 0.5) is 0 Å². The highest BCUT2D eigenvalue weighted by Crippen LogP contribution is 2.04. The fourth-order valence-corrected chi connectivity index (χ4v) is 0. The summed E-state index contributed by atoms with van der Waals surface area (Å²) in [6.07, 6.45) is 0. The Kier molecular flexibility index (Phi) is 2.61. The van der Waals surface area contributed by atoms with Crippen molar-refractivity contribution in [1.29, 1.82) is 0 Å². The monoisotopic (exact) mass is 104 g/mol. The second-order valence-electron chi connectivity index (χ2n) is 1.43. The summed E-state index contributed by atoms with van der Waals surface area (Å²) in [4.78, 5) is 0. The van der Waals surface area contributed by atoms with E-state index in [1.54, 1.807) is 0 Å². The summed E-state index contributed by atoms with van der Waals surface area (Å²) in [5, 5.41) is 0.981. The first-order valence-electron chi connectivity index (χ1n) is 1.92. The molecule has 2 N–H and O–H groups in total. The van der Waals surface area contributed by atoms with Gasteiger partial charge in [-0.05, 0) is 13.8 Å². The van der Waals surface area contributed by atoms with Crippen LogP contribution in [0.3, 0.4) is 0 Å². The molecule has 6 heavy (non-hydrogen) atoms. The molecule has 0 rings (SSSR count). The number of thiol groups is 1. The molecule has 0 aliphatic heterocycles. The summed E-state index contributed by atoms with van der Waals surface area (Å²) in [5.74, 6) is 0. The van der Waals surface area contributed by atoms with E-state index in [0.29, 0.717) is 0 Å². The molecular formula is C4H10NS. The van der Waals surface area contributed by atoms with Crippen LogP contribution in [0.15, 0.2) is 0 Å². The van der Waals surface area contributed by atoms with E-state index < -0.39 is 0 Å². The van der Waals surface area contributed by atoms with Crippen LogP contribution in [0.2, 0.25) is 0 Å². The van der Waals surface area contributed by atoms with Crippen LogP contribution in [0, 0.1) is 5.25 Å². The lowest BCUT2D eigenvalue weighted by atomic mass is 10.3. The van der Waals surface area contributed by atoms with E-state index in [9.17, 15) is 0 Å². The van der Waals surface area contributed by atoms with E-state index in [2.05, 4.69) is 12.6 Å². The summed E-state index contributed by atoms with van der Waals surface area (Å²) in [5.41, 5.74) is 5.32. The standard InChI is InChI=1S/C4H10NS/c1-3(5)4(2)6/h3,6H,5H2,1-2H3. The predicted molar refractivity (Wildman–Crippen MR) is 31.6 cm³/mol. The maximum absolute atomic E-state index is 5.32. The SMILES string of the molecule is C[C](S)C(C)N. The van der Waals surface area contributed by atoms with Crippen molar-refractivity contribution in [3.63, 3.8) is 0 Å². The number of hydrogen-bond donors (Lipinski definition) is 2. The van der Waals surface area contributed by atoms with E-state index in [-0.39, 0.29) is 6.04 Å². The van der Waals surface area contributed by atoms with Crippen molar-refractivity contribution in [3.05, 3.63) is 5.25 Å². The van der Waals surface area contributed by atoms with Crippen LogP contribution in [0.25, 0.3) is 0 Å². The van der Waals surface area contributed by atoms with Gasteiger partial charge in [-0.3, -0.25) is 0 Å². The van der Waals surface area contributed by atoms with Crippen molar-refractivity contribution in [3.8, 4) is 0 Å². The lowest BCUT2D eigenvalue weighted by molar-refractivity contribution is 0.833. The molecule has 1 radical (unpaired) electrons. The highest BCUT2D eigenvalue weighted by molar-refractivity contribution is 7.83. The molecule has 0 bridgehead atoms. The Bertz CT molecular complexity index is 28.5. The van der Waals surface area contributed by atoms with Gasteiger partial charge in [0, 0.05) is 11.3 Å². The third-order valence-electron chi connectivity index (χ3n) is 0.659. The molecule has 0 spiro atoms. The van der Waals surface area contributed by atoms with Gasteiger partial charge in [-0.1, -0.05) is 0 Å². The molecule has 37 valence electrons. The lowest BCUT2D eigenvalue weighted by Crippen LogP contribution is -2.18. The predicted octanol–water partition coefficient (Wildman–Crippen LogP) is 0.815. The zero-order chi connectivity index (χ0) is 5.15. The van der Waals surface area contributed by atoms with Gasteiger partial charge in [-0.25, -0.2) is 0 Å². The molecule has 0 aliphatic carbocycles. The lowest BCUT2D eigenvalue weighted by Gasteiger charge is -2.03. The highest BCUT2D eigenvalue weighted by Gasteiger charge is 1.98. The molecule has 2 heteroatoms. The van der Waals surface area contributed by atoms with Gasteiger partial charge in [0.2, 0.25) is 0 Å². The van der Waals surface area contributed by atoms with E-state index >= 15 is 0 Å². The van der Waals surface area contributed by atoms with E-state index in [0.717, 1.165) is 5.25 Å². The van der Waals surface area contributed by atoms with Crippen LogP contribution >= 0.6 is 12.6 Å². The Labute approximate surface area is 44.3 Å². The van der Waals surface area contributed by atoms with E-state index in [4.69, 9.17) is 5.73 Å². The largest absolute Gasteiger partial charge is 0.327 e. The maximum atomic E-state index is 5.32. The minimum atomic E-state index is 0.133. The van der Waals surface area contributed by atoms with Crippen molar-refractivity contribution >= 4 is 12.6 Å². The van der Waals surface area contributed by atoms with Gasteiger partial charge in [-0.2, -0.15) is 12.6 Å². The minimum Gasteiger partial charge on any atom is -0.327 e. The van der Waals surface area contributed by atoms with Gasteiger partial charge in [0.25, 0.3) is 0 Å². The van der Waals surface area contributed by atoms with Gasteiger partial charge in [0.1, 0.15) is 0 Å². The smallest absolute Gasteiger partial charge is 0.0406 e. The van der Waals surface area contributed by atoms with Crippen molar-refractivity contribution in [2.24, 2.45) is 5.73 Å². The second-order valence-corrected chi connectivity index (χ2v) is 2.14. The van der Waals surface area contributed by atoms with Crippen LogP contribution in [0.1, 0.15) is 13.8 Å². The number of rotatable bonds is 1. The van der Waals surface area contributed by atoms with Crippen molar-refractivity contribution in [2.45, 2.75) is 19.9 Å². The highest BCUT2D eigenvalue weighted by atomic mass is 32.1. The molecule has 1 nitrogen and oxygen atoms in total. The second kappa shape index (κ2) is 2.48. The van der Waals surface area contributed by atoms with Crippen molar-refractivity contribution in [2.75, 3.05) is 0 Å². The quantitative estimate of drug-likeness (QED) is 0.473. The molecule has 0 fully saturated rings. The fourth-order valence-electron chi connectivity index (χ4n) is 0. The van der Waals surface area contributed by atoms with Crippen LogP contribution < -0.4 is 5.73 Å². The first-order valence-corrected chi connectivity index (χ1v) is 2.37. The Balaban J connectivity index is 2.99. The summed E-state index contributed by atoms with van der Waals surface area (Å²) in [6.45, 7) is 3.80. The van der Waals surface area contributed by atoms with Crippen LogP contribution in [-0.4, -0.2) is 6.04 Å². The van der Waals surface area contributed by atoms with Gasteiger partial charge >= 0.3 is 0 Å². The van der Waals surface area contributed by atoms with Crippen LogP contribution in [0.5, 0.6) is 0 Å². The maximum Gasteiger partial charge on any atom is 0.0406 e. The fraction of sp³-hybridized carbons (Fsp3) is 0.750. The number of nitrogens with two attached hydrogens (primary N) is 1. The Morgan fingerprint density at radius 3 is 2.00 bits per heavy atom. The molecule has 0 amide bonds. The summed E-state index contributed by atoms with van der Waals surface area (Å²) >= 11 is 3.98. The van der Waals surface area contributed by atoms with Gasteiger partial charge in [0.15, 0.2) is 0 Å². The first-order chi connectivity index (χ1) is 2.64. The third-order valence-corrected chi connectivity index (χ3v) is 1.07. The Morgan fingerprint density at radius 1 is 1.83 bits per heavy atom. The van der Waals surface area contributed by atoms with Crippen molar-refractivity contribution < 1.29 is 0 Å². The zero-order valence-electron chi connectivity index (χ0n) is 4.10. The number of hydrogen-bond acceptors (Lipinski definition) is 2. The Morgan fingerprint density at radius 2 is 2.00 bits per heavy atom. The minimum absolute atomic E-state index is 0.133. The average molecular weight is 104 g/mol. The summed E-state index contributed by atoms with van der Waals surface area (Å²) in [7, 11) is 0. The van der Waals surface area contributed by atoms with Gasteiger partial charge in [-0.15, -0.1) is 0 Å². The van der Waals surface area contributed by atoms with Crippen molar-refractivity contribution in [1.82, 2.24) is 0 Å². The van der Waals surface area contributed by atoms with Gasteiger partial charge < -0.3 is 5.73 Å². The van der Waals surface area contributed by atoms with E-state index in [1.807, 2.05) is 13.8 Å². The summed E-state index contributed by atoms with van der Waals surface area (Å²) < 4.78 is 0. The molecule has 0 aliphatic rings. The van der Waals surface area contributed by atoms with Gasteiger partial charge in [0.05, 0.1) is 0 Å². The molecule has 0 aromatic heterocycles. The zero-order valence-corrected chi connectivity index (χ0v) is 5.00. The van der Waals surface area contributed by atoms with E-state index in [1.165, 1.54) is 0 Å². The molecule has 1 unspecified atom stereocenters. The topological polar surface area (TPSA) is 26.0 Å². The molecule has 0 heterocycles. The third kappa shape index (κ3) is 2.54. The molecular weight excluding hydrogens is 94.1 g/mol. The molecule has 0 aromatic rings. The molecule has 0 saturated carbocycles. The summed E-state index contributed by atoms with van der Waals surface area (Å²) in [6, 6.07) is 0.133. The normalized spacial score (nSPS) is 15.5.